The molecule has 18 nitrogen and oxygen atoms in total. The van der Waals surface area contributed by atoms with Gasteiger partial charge in [0, 0.05) is 63.6 Å². The lowest BCUT2D eigenvalue weighted by atomic mass is 9.85. The predicted octanol–water partition coefficient (Wildman–Crippen LogP) is 7.56. The van der Waals surface area contributed by atoms with E-state index in [4.69, 9.17) is 4.74 Å². The fraction of sp³-hybridized carbons (Fsp3) is 0.426. The molecule has 2 saturated heterocycles. The maximum absolute atomic E-state index is 14.2. The van der Waals surface area contributed by atoms with Gasteiger partial charge in [0.1, 0.15) is 24.0 Å². The Bertz CT molecular complexity index is 3000. The number of anilines is 3. The van der Waals surface area contributed by atoms with Crippen molar-refractivity contribution < 1.29 is 33.8 Å². The highest BCUT2D eigenvalue weighted by atomic mass is 32.1. The molecule has 20 heteroatoms. The Kier molecular flexibility index (Phi) is 16.0. The number of thiazole rings is 2. The fourth-order valence-electron chi connectivity index (χ4n) is 9.65. The zero-order valence-corrected chi connectivity index (χ0v) is 44.0. The van der Waals surface area contributed by atoms with Crippen LogP contribution in [-0.4, -0.2) is 128 Å². The minimum Gasteiger partial charge on any atom is -0.446 e. The average molecular weight is 1040 g/mol. The van der Waals surface area contributed by atoms with Crippen molar-refractivity contribution in [3.8, 4) is 21.6 Å². The van der Waals surface area contributed by atoms with E-state index in [-0.39, 0.29) is 49.5 Å². The molecule has 0 unspecified atom stereocenters. The summed E-state index contributed by atoms with van der Waals surface area (Å²) in [7, 11) is 0. The quantitative estimate of drug-likeness (QED) is 0.0712. The number of aliphatic hydroxyl groups excluding tert-OH is 1. The van der Waals surface area contributed by atoms with Gasteiger partial charge in [0.25, 0.3) is 5.91 Å². The van der Waals surface area contributed by atoms with Crippen LogP contribution in [0.5, 0.6) is 0 Å². The molecule has 1 aliphatic carbocycles. The van der Waals surface area contributed by atoms with Crippen LogP contribution in [-0.2, 0) is 25.7 Å². The number of nitrogens with one attached hydrogen (secondary N) is 4. The molecule has 2 aliphatic heterocycles. The fourth-order valence-corrected chi connectivity index (χ4v) is 11.4. The monoisotopic (exact) mass is 1040 g/mol. The van der Waals surface area contributed by atoms with Crippen molar-refractivity contribution in [1.29, 1.82) is 0 Å². The van der Waals surface area contributed by atoms with Gasteiger partial charge in [-0.1, -0.05) is 68.9 Å². The first kappa shape index (κ1) is 52.0. The number of amides is 5. The number of carbonyl (C=O) groups is 5. The van der Waals surface area contributed by atoms with E-state index in [2.05, 4.69) is 51.0 Å². The molecular formula is C54H63N11O7S2. The van der Waals surface area contributed by atoms with Crippen LogP contribution >= 0.6 is 22.7 Å². The molecule has 3 atom stereocenters. The highest BCUT2D eigenvalue weighted by molar-refractivity contribution is 7.22. The summed E-state index contributed by atoms with van der Waals surface area (Å²) in [6.45, 7) is 12.2. The van der Waals surface area contributed by atoms with Gasteiger partial charge in [-0.05, 0) is 92.0 Å². The molecule has 0 spiro atoms. The Morgan fingerprint density at radius 3 is 2.30 bits per heavy atom. The van der Waals surface area contributed by atoms with Crippen LogP contribution in [0.15, 0.2) is 78.6 Å². The van der Waals surface area contributed by atoms with Crippen LogP contribution in [0.25, 0.3) is 31.8 Å². The zero-order valence-electron chi connectivity index (χ0n) is 42.4. The molecule has 2 aromatic carbocycles. The number of fused-ring (bicyclic) bond motifs is 1. The first-order chi connectivity index (χ1) is 35.5. The van der Waals surface area contributed by atoms with Crippen molar-refractivity contribution in [3.63, 3.8) is 0 Å². The molecule has 5 N–H and O–H groups in total. The molecule has 9 rings (SSSR count). The zero-order chi connectivity index (χ0) is 52.1. The molecule has 0 bridgehead atoms. The SMILES string of the molecule is Cc1ncc(-c2ccc3nc(NC(=O)CN4CCN(c5ccc(C(=O)N[C@H](C(=O)N6C[C@H](O)C[C@H]6C(=O)NCc6ccc(-c7scnc7C)cc6)C(C)(C)C)cn5)CC4)sc3c2)cc1NC(=O)OC1CCCCC1. The minimum absolute atomic E-state index is 0.0303. The molecule has 1 saturated carbocycles. The van der Waals surface area contributed by atoms with Crippen LogP contribution < -0.4 is 26.2 Å². The van der Waals surface area contributed by atoms with Crippen LogP contribution in [0.1, 0.15) is 86.6 Å². The Morgan fingerprint density at radius 1 is 0.838 bits per heavy atom. The van der Waals surface area contributed by atoms with E-state index >= 15 is 0 Å². The number of aryl methyl sites for hydroxylation is 2. The number of rotatable bonds is 14. The molecule has 74 heavy (non-hydrogen) atoms. The van der Waals surface area contributed by atoms with Gasteiger partial charge in [-0.25, -0.2) is 19.7 Å². The number of hydrogen-bond acceptors (Lipinski definition) is 15. The first-order valence-electron chi connectivity index (χ1n) is 25.2. The highest BCUT2D eigenvalue weighted by Crippen LogP contribution is 2.33. The van der Waals surface area contributed by atoms with Gasteiger partial charge in [0.15, 0.2) is 5.13 Å². The normalized spacial score (nSPS) is 18.0. The van der Waals surface area contributed by atoms with Crippen molar-refractivity contribution in [3.05, 3.63) is 101 Å². The third-order valence-corrected chi connectivity index (χ3v) is 15.8. The summed E-state index contributed by atoms with van der Waals surface area (Å²) in [5, 5.41) is 22.9. The number of β-amino-alcohol motifs (C(OH)–C–C–N with tert-alkyl or cyclic N) is 1. The largest absolute Gasteiger partial charge is 0.446 e. The van der Waals surface area contributed by atoms with Crippen LogP contribution in [0, 0.1) is 19.3 Å². The van der Waals surface area contributed by atoms with Crippen molar-refractivity contribution >= 4 is 79.2 Å². The molecule has 6 aromatic rings. The van der Waals surface area contributed by atoms with E-state index in [0.717, 1.165) is 68.7 Å². The predicted molar refractivity (Wildman–Crippen MR) is 287 cm³/mol. The van der Waals surface area contributed by atoms with Crippen molar-refractivity contribution in [2.75, 3.05) is 54.8 Å². The Hall–Kier alpha value is -6.87. The topological polar surface area (TPSA) is 224 Å². The lowest BCUT2D eigenvalue weighted by Crippen LogP contribution is -2.57. The number of likely N-dealkylation sites (tertiary alicyclic amines) is 1. The van der Waals surface area contributed by atoms with Gasteiger partial charge in [-0.15, -0.1) is 11.3 Å². The van der Waals surface area contributed by atoms with Gasteiger partial charge in [0.2, 0.25) is 17.7 Å². The molecule has 3 aliphatic rings. The molecule has 6 heterocycles. The standard InChI is InChI=1S/C54H63N11O7S2/c1-32-42(60-53(71)72-40-9-7-6-8-10-40)23-38(28-55-32)36-15-17-41-44(24-36)74-52(59-41)61-46(67)30-63-19-21-64(22-20-63)45-18-16-37(27-56-45)49(68)62-48(54(3,4)5)51(70)65-29-39(66)25-43(65)50(69)57-26-34-11-13-35(14-12-34)47-33(2)58-31-73-47/h11-18,23-24,27-28,31,39-40,43,48,66H,6-10,19-22,25-26,29-30H2,1-5H3,(H,57,69)(H,60,71)(H,62,68)(H,59,61,67)/t39-,43+,48-/m1/s1. The molecule has 3 fully saturated rings. The average Bonchev–Trinajstić information content (AvgIpc) is 4.13. The van der Waals surface area contributed by atoms with E-state index in [1.807, 2.05) is 88.7 Å². The van der Waals surface area contributed by atoms with Gasteiger partial charge >= 0.3 is 6.09 Å². The van der Waals surface area contributed by atoms with E-state index in [1.165, 1.54) is 28.9 Å². The van der Waals surface area contributed by atoms with E-state index in [0.29, 0.717) is 48.5 Å². The van der Waals surface area contributed by atoms with Crippen molar-refractivity contribution in [2.24, 2.45) is 5.41 Å². The number of piperazine rings is 1. The summed E-state index contributed by atoms with van der Waals surface area (Å²) < 4.78 is 6.56. The van der Waals surface area contributed by atoms with Crippen LogP contribution in [0.4, 0.5) is 21.4 Å². The summed E-state index contributed by atoms with van der Waals surface area (Å²) in [5.41, 5.74) is 8.00. The van der Waals surface area contributed by atoms with E-state index < -0.39 is 41.5 Å². The second kappa shape index (κ2) is 22.7. The van der Waals surface area contributed by atoms with Crippen LogP contribution in [0.2, 0.25) is 0 Å². The lowest BCUT2D eigenvalue weighted by molar-refractivity contribution is -0.142. The summed E-state index contributed by atoms with van der Waals surface area (Å²) in [6.07, 6.45) is 7.03. The van der Waals surface area contributed by atoms with Gasteiger partial charge in [-0.3, -0.25) is 34.4 Å². The van der Waals surface area contributed by atoms with Crippen LogP contribution in [0.3, 0.4) is 0 Å². The second-order valence-corrected chi connectivity index (χ2v) is 22.3. The molecule has 0 radical (unpaired) electrons. The number of pyridine rings is 2. The number of aliphatic hydroxyl groups is 1. The first-order valence-corrected chi connectivity index (χ1v) is 26.9. The van der Waals surface area contributed by atoms with Gasteiger partial charge < -0.3 is 35.6 Å². The number of hydrogen-bond donors (Lipinski definition) is 5. The third-order valence-electron chi connectivity index (χ3n) is 13.9. The summed E-state index contributed by atoms with van der Waals surface area (Å²) >= 11 is 2.96. The smallest absolute Gasteiger partial charge is 0.411 e. The number of nitrogens with zero attached hydrogens (tertiary/aromatic N) is 7. The number of ether oxygens (including phenoxy) is 1. The highest BCUT2D eigenvalue weighted by Gasteiger charge is 2.44. The number of aromatic nitrogens is 4. The number of benzene rings is 2. The van der Waals surface area contributed by atoms with Gasteiger partial charge in [0.05, 0.1) is 55.9 Å². The number of carbonyl (C=O) groups excluding carboxylic acids is 5. The van der Waals surface area contributed by atoms with E-state index in [9.17, 15) is 29.1 Å². The van der Waals surface area contributed by atoms with Crippen molar-refractivity contribution in [1.82, 2.24) is 40.4 Å². The Labute approximate surface area is 438 Å². The Morgan fingerprint density at radius 2 is 1.59 bits per heavy atom. The minimum atomic E-state index is -1.00. The summed E-state index contributed by atoms with van der Waals surface area (Å²) in [5.74, 6) is -0.805. The third kappa shape index (κ3) is 12.5. The van der Waals surface area contributed by atoms with Gasteiger partial charge in [-0.2, -0.15) is 0 Å². The molecule has 388 valence electrons. The summed E-state index contributed by atoms with van der Waals surface area (Å²) in [4.78, 5) is 92.3. The van der Waals surface area contributed by atoms with E-state index in [1.54, 1.807) is 29.7 Å². The maximum Gasteiger partial charge on any atom is 0.411 e. The lowest BCUT2D eigenvalue weighted by Gasteiger charge is -2.35. The molecule has 4 aromatic heterocycles. The molecular weight excluding hydrogens is 979 g/mol. The van der Waals surface area contributed by atoms with Crippen molar-refractivity contribution in [2.45, 2.75) is 104 Å². The summed E-state index contributed by atoms with van der Waals surface area (Å²) in [6, 6.07) is 17.2. The Balaban J connectivity index is 0.741. The maximum atomic E-state index is 14.2. The molecule has 5 amide bonds. The second-order valence-electron chi connectivity index (χ2n) is 20.4.